The Morgan fingerprint density at radius 1 is 1.28 bits per heavy atom. The molecule has 0 spiro atoms. The van der Waals surface area contributed by atoms with E-state index >= 15 is 0 Å². The van der Waals surface area contributed by atoms with Crippen molar-refractivity contribution in [2.24, 2.45) is 0 Å². The highest BCUT2D eigenvalue weighted by molar-refractivity contribution is 6.36. The highest BCUT2D eigenvalue weighted by Crippen LogP contribution is 2.33. The van der Waals surface area contributed by atoms with Crippen molar-refractivity contribution in [2.45, 2.75) is 19.9 Å². The number of alkyl halides is 2. The summed E-state index contributed by atoms with van der Waals surface area (Å²) in [5.74, 6) is 0. The number of nitrogens with zero attached hydrogens (tertiary/aromatic N) is 2. The molecule has 6 heteroatoms. The molecule has 96 valence electrons. The van der Waals surface area contributed by atoms with Gasteiger partial charge >= 0.3 is 6.55 Å². The van der Waals surface area contributed by atoms with Crippen molar-refractivity contribution in [1.82, 2.24) is 9.78 Å². The van der Waals surface area contributed by atoms with Crippen LogP contribution in [-0.2, 0) is 6.42 Å². The van der Waals surface area contributed by atoms with Crippen LogP contribution in [0.1, 0.15) is 19.2 Å². The number of benzene rings is 1. The Morgan fingerprint density at radius 3 is 2.56 bits per heavy atom. The lowest BCUT2D eigenvalue weighted by molar-refractivity contribution is 0.0562. The second kappa shape index (κ2) is 5.24. The van der Waals surface area contributed by atoms with Crippen LogP contribution in [0.25, 0.3) is 11.1 Å². The maximum atomic E-state index is 12.6. The average molecular weight is 291 g/mol. The summed E-state index contributed by atoms with van der Waals surface area (Å²) in [4.78, 5) is 0. The first-order valence-electron chi connectivity index (χ1n) is 5.34. The summed E-state index contributed by atoms with van der Waals surface area (Å²) < 4.78 is 25.9. The first kappa shape index (κ1) is 13.3. The van der Waals surface area contributed by atoms with E-state index < -0.39 is 6.55 Å². The van der Waals surface area contributed by atoms with Crippen LogP contribution in [0.15, 0.2) is 24.4 Å². The van der Waals surface area contributed by atoms with Crippen LogP contribution in [0.4, 0.5) is 8.78 Å². The number of aryl methyl sites for hydroxylation is 1. The van der Waals surface area contributed by atoms with E-state index in [1.165, 1.54) is 6.20 Å². The summed E-state index contributed by atoms with van der Waals surface area (Å²) in [6.45, 7) is -0.805. The summed E-state index contributed by atoms with van der Waals surface area (Å²) in [6, 6.07) is 4.95. The Kier molecular flexibility index (Phi) is 3.88. The number of rotatable bonds is 3. The predicted octanol–water partition coefficient (Wildman–Crippen LogP) is 4.81. The number of hydrogen-bond donors (Lipinski definition) is 0. The molecule has 0 fully saturated rings. The fourth-order valence-electron chi connectivity index (χ4n) is 1.72. The predicted molar refractivity (Wildman–Crippen MR) is 68.3 cm³/mol. The molecule has 0 saturated heterocycles. The topological polar surface area (TPSA) is 17.8 Å². The third-order valence-corrected chi connectivity index (χ3v) is 3.11. The number of aromatic nitrogens is 2. The molecule has 0 aliphatic carbocycles. The zero-order valence-electron chi connectivity index (χ0n) is 9.50. The number of halogens is 4. The van der Waals surface area contributed by atoms with Gasteiger partial charge in [-0.3, -0.25) is 0 Å². The van der Waals surface area contributed by atoms with E-state index in [0.29, 0.717) is 38.0 Å². The van der Waals surface area contributed by atoms with Crippen molar-refractivity contribution >= 4 is 23.2 Å². The first-order valence-corrected chi connectivity index (χ1v) is 6.10. The van der Waals surface area contributed by atoms with Crippen LogP contribution in [-0.4, -0.2) is 9.78 Å². The zero-order valence-corrected chi connectivity index (χ0v) is 11.0. The maximum Gasteiger partial charge on any atom is 0.333 e. The van der Waals surface area contributed by atoms with Crippen molar-refractivity contribution < 1.29 is 8.78 Å². The molecule has 18 heavy (non-hydrogen) atoms. The second-order valence-electron chi connectivity index (χ2n) is 3.72. The van der Waals surface area contributed by atoms with Gasteiger partial charge < -0.3 is 0 Å². The Bertz CT molecular complexity index is 567. The normalized spacial score (nSPS) is 11.2. The first-order chi connectivity index (χ1) is 8.52. The van der Waals surface area contributed by atoms with Crippen LogP contribution in [0.2, 0.25) is 10.0 Å². The Balaban J connectivity index is 2.55. The third kappa shape index (κ3) is 2.49. The largest absolute Gasteiger partial charge is 0.333 e. The molecular formula is C12H10Cl2F2N2. The summed E-state index contributed by atoms with van der Waals surface area (Å²) in [6.07, 6.45) is 1.85. The molecule has 2 nitrogen and oxygen atoms in total. The monoisotopic (exact) mass is 290 g/mol. The van der Waals surface area contributed by atoms with Gasteiger partial charge in [0.1, 0.15) is 0 Å². The van der Waals surface area contributed by atoms with E-state index in [0.717, 1.165) is 0 Å². The van der Waals surface area contributed by atoms with Crippen LogP contribution in [0.3, 0.4) is 0 Å². The van der Waals surface area contributed by atoms with E-state index in [1.54, 1.807) is 18.2 Å². The average Bonchev–Trinajstić information content (AvgIpc) is 2.73. The molecule has 0 radical (unpaired) electrons. The van der Waals surface area contributed by atoms with Crippen molar-refractivity contribution in [2.75, 3.05) is 0 Å². The summed E-state index contributed by atoms with van der Waals surface area (Å²) >= 11 is 11.9. The van der Waals surface area contributed by atoms with Gasteiger partial charge in [-0.2, -0.15) is 13.9 Å². The van der Waals surface area contributed by atoms with Gasteiger partial charge in [-0.05, 0) is 18.6 Å². The molecule has 1 heterocycles. The fraction of sp³-hybridized carbons (Fsp3) is 0.250. The lowest BCUT2D eigenvalue weighted by Gasteiger charge is -2.03. The quantitative estimate of drug-likeness (QED) is 0.793. The highest BCUT2D eigenvalue weighted by Gasteiger charge is 2.16. The molecular weight excluding hydrogens is 281 g/mol. The number of hydrogen-bond acceptors (Lipinski definition) is 1. The molecule has 0 unspecified atom stereocenters. The molecule has 2 rings (SSSR count). The molecule has 1 aromatic heterocycles. The van der Waals surface area contributed by atoms with Crippen molar-refractivity contribution in [3.63, 3.8) is 0 Å². The summed E-state index contributed by atoms with van der Waals surface area (Å²) in [5, 5.41) is 4.77. The van der Waals surface area contributed by atoms with Gasteiger partial charge in [0.2, 0.25) is 0 Å². The minimum atomic E-state index is -2.66. The van der Waals surface area contributed by atoms with Gasteiger partial charge in [0.15, 0.2) is 0 Å². The third-order valence-electron chi connectivity index (χ3n) is 2.56. The molecule has 0 N–H and O–H groups in total. The summed E-state index contributed by atoms with van der Waals surface area (Å²) in [7, 11) is 0. The van der Waals surface area contributed by atoms with Crippen LogP contribution in [0.5, 0.6) is 0 Å². The lowest BCUT2D eigenvalue weighted by atomic mass is 10.1. The van der Waals surface area contributed by atoms with E-state index in [1.807, 2.05) is 6.92 Å². The molecule has 2 aromatic rings. The Hall–Kier alpha value is -1.13. The zero-order chi connectivity index (χ0) is 13.3. The van der Waals surface area contributed by atoms with Gasteiger partial charge in [-0.1, -0.05) is 36.2 Å². The van der Waals surface area contributed by atoms with Gasteiger partial charge in [-0.15, -0.1) is 0 Å². The van der Waals surface area contributed by atoms with Crippen LogP contribution >= 0.6 is 23.2 Å². The molecule has 0 amide bonds. The Labute approximate surface area is 113 Å². The molecule has 0 bridgehead atoms. The lowest BCUT2D eigenvalue weighted by Crippen LogP contribution is -1.98. The highest BCUT2D eigenvalue weighted by atomic mass is 35.5. The van der Waals surface area contributed by atoms with Gasteiger partial charge in [0.05, 0.1) is 5.69 Å². The second-order valence-corrected chi connectivity index (χ2v) is 4.57. The smallest absolute Gasteiger partial charge is 0.211 e. The van der Waals surface area contributed by atoms with E-state index in [2.05, 4.69) is 5.10 Å². The minimum Gasteiger partial charge on any atom is -0.211 e. The van der Waals surface area contributed by atoms with Gasteiger partial charge in [-0.25, -0.2) is 4.68 Å². The fourth-order valence-corrected chi connectivity index (χ4v) is 2.23. The molecule has 0 saturated carbocycles. The molecule has 0 atom stereocenters. The Morgan fingerprint density at radius 2 is 2.00 bits per heavy atom. The molecule has 0 aliphatic heterocycles. The van der Waals surface area contributed by atoms with Gasteiger partial charge in [0, 0.05) is 27.4 Å². The van der Waals surface area contributed by atoms with Crippen molar-refractivity contribution in [1.29, 1.82) is 0 Å². The van der Waals surface area contributed by atoms with E-state index in [4.69, 9.17) is 23.2 Å². The van der Waals surface area contributed by atoms with Crippen molar-refractivity contribution in [3.05, 3.63) is 40.1 Å². The maximum absolute atomic E-state index is 12.6. The SMILES string of the molecule is CCc1nn(C(F)F)cc1-c1ccc(Cl)cc1Cl. The van der Waals surface area contributed by atoms with E-state index in [-0.39, 0.29) is 0 Å². The van der Waals surface area contributed by atoms with Crippen LogP contribution < -0.4 is 0 Å². The van der Waals surface area contributed by atoms with Crippen molar-refractivity contribution in [3.8, 4) is 11.1 Å². The molecule has 1 aromatic carbocycles. The van der Waals surface area contributed by atoms with Crippen LogP contribution in [0, 0.1) is 0 Å². The minimum absolute atomic E-state index is 0.422. The molecule has 0 aliphatic rings. The van der Waals surface area contributed by atoms with E-state index in [9.17, 15) is 8.78 Å². The van der Waals surface area contributed by atoms with Gasteiger partial charge in [0.25, 0.3) is 0 Å². The standard InChI is InChI=1S/C12H10Cl2F2N2/c1-2-11-9(6-18(17-11)12(15)16)8-4-3-7(13)5-10(8)14/h3-6,12H,2H2,1H3. The summed E-state index contributed by atoms with van der Waals surface area (Å²) in [5.41, 5.74) is 1.85.